The van der Waals surface area contributed by atoms with Crippen molar-refractivity contribution in [2.45, 2.75) is 6.04 Å². The first-order valence-corrected chi connectivity index (χ1v) is 2.41. The van der Waals surface area contributed by atoms with Crippen molar-refractivity contribution in [1.29, 1.82) is 0 Å². The van der Waals surface area contributed by atoms with E-state index in [0.717, 1.165) is 0 Å². The molecule has 0 saturated heterocycles. The summed E-state index contributed by atoms with van der Waals surface area (Å²) in [6.45, 7) is 0. The van der Waals surface area contributed by atoms with Crippen LogP contribution in [0.15, 0.2) is 0 Å². The maximum atomic E-state index is 9.76. The van der Waals surface area contributed by atoms with Gasteiger partial charge in [-0.2, -0.15) is 12.6 Å². The molecule has 0 unspecified atom stereocenters. The van der Waals surface area contributed by atoms with Crippen molar-refractivity contribution in [2.24, 2.45) is 5.73 Å². The number of hydrogen-bond acceptors (Lipinski definition) is 3. The van der Waals surface area contributed by atoms with E-state index >= 15 is 0 Å². The van der Waals surface area contributed by atoms with E-state index in [0.29, 0.717) is 0 Å². The summed E-state index contributed by atoms with van der Waals surface area (Å²) in [7, 11) is 0. The normalized spacial score (nSPS) is 11.8. The monoisotopic (exact) mass is 184 g/mol. The number of rotatable bonds is 2. The predicted octanol–water partition coefficient (Wildman–Crippen LogP) is -0.674. The van der Waals surface area contributed by atoms with Crippen LogP contribution >= 0.6 is 12.6 Å². The molecule has 0 aliphatic carbocycles. The molecule has 0 fully saturated rings. The van der Waals surface area contributed by atoms with Gasteiger partial charge in [0.15, 0.2) is 0 Å². The molecular formula is C3H7CuNO2S+. The number of nitrogens with two attached hydrogens (primary N) is 1. The summed E-state index contributed by atoms with van der Waals surface area (Å²) in [4.78, 5) is 9.76. The Morgan fingerprint density at radius 1 is 1.88 bits per heavy atom. The zero-order chi connectivity index (χ0) is 5.86. The number of carboxylic acid groups (broad SMARTS) is 1. The molecule has 0 aliphatic heterocycles. The van der Waals surface area contributed by atoms with Gasteiger partial charge < -0.3 is 10.8 Å². The molecule has 1 atom stereocenters. The van der Waals surface area contributed by atoms with Crippen LogP contribution in [0.2, 0.25) is 0 Å². The van der Waals surface area contributed by atoms with Crippen LogP contribution in [0.3, 0.4) is 0 Å². The number of carbonyl (C=O) groups is 1. The van der Waals surface area contributed by atoms with E-state index in [1.165, 1.54) is 0 Å². The molecule has 5 heteroatoms. The standard InChI is InChI=1S/C3H7NO2S.Cu/c4-2(1-7)3(5)6;/h2,7H,1,4H2,(H,5,6);/q;+1/t2-;/m0./s1. The zero-order valence-electron chi connectivity index (χ0n) is 3.97. The fourth-order valence-electron chi connectivity index (χ4n) is 0.0781. The molecule has 0 spiro atoms. The topological polar surface area (TPSA) is 63.3 Å². The minimum absolute atomic E-state index is 0. The van der Waals surface area contributed by atoms with Crippen LogP contribution in [-0.2, 0) is 21.9 Å². The van der Waals surface area contributed by atoms with Crippen molar-refractivity contribution in [3.63, 3.8) is 0 Å². The summed E-state index contributed by atoms with van der Waals surface area (Å²) >= 11 is 3.65. The van der Waals surface area contributed by atoms with Crippen LogP contribution in [-0.4, -0.2) is 22.9 Å². The van der Waals surface area contributed by atoms with Gasteiger partial charge in [0.1, 0.15) is 6.04 Å². The molecule has 0 aromatic heterocycles. The van der Waals surface area contributed by atoms with Crippen LogP contribution in [0.4, 0.5) is 0 Å². The molecule has 0 aliphatic rings. The molecule has 0 heterocycles. The third-order valence-electron chi connectivity index (χ3n) is 0.514. The number of hydrogen-bond donors (Lipinski definition) is 3. The van der Waals surface area contributed by atoms with Gasteiger partial charge in [-0.05, 0) is 0 Å². The van der Waals surface area contributed by atoms with Gasteiger partial charge in [-0.1, -0.05) is 0 Å². The Morgan fingerprint density at radius 2 is 2.25 bits per heavy atom. The first kappa shape index (κ1) is 11.1. The molecule has 0 amide bonds. The smallest absolute Gasteiger partial charge is 0.480 e. The molecule has 8 heavy (non-hydrogen) atoms. The van der Waals surface area contributed by atoms with Crippen molar-refractivity contribution < 1.29 is 27.0 Å². The average Bonchev–Trinajstić information content (AvgIpc) is 1.65. The van der Waals surface area contributed by atoms with Crippen molar-refractivity contribution in [3.05, 3.63) is 0 Å². The maximum absolute atomic E-state index is 9.76. The average molecular weight is 185 g/mol. The number of thiol groups is 1. The van der Waals surface area contributed by atoms with Gasteiger partial charge in [0, 0.05) is 5.75 Å². The second-order valence-corrected chi connectivity index (χ2v) is 1.49. The molecule has 52 valence electrons. The first-order chi connectivity index (χ1) is 3.18. The Labute approximate surface area is 63.5 Å². The second-order valence-electron chi connectivity index (χ2n) is 1.13. The molecule has 0 rings (SSSR count). The first-order valence-electron chi connectivity index (χ1n) is 1.77. The molecular weight excluding hydrogens is 178 g/mol. The quantitative estimate of drug-likeness (QED) is 0.394. The maximum Gasteiger partial charge on any atom is 1.00 e. The van der Waals surface area contributed by atoms with E-state index in [4.69, 9.17) is 10.8 Å². The van der Waals surface area contributed by atoms with E-state index < -0.39 is 12.0 Å². The van der Waals surface area contributed by atoms with Crippen LogP contribution in [0.5, 0.6) is 0 Å². The van der Waals surface area contributed by atoms with Crippen LogP contribution in [0.1, 0.15) is 0 Å². The van der Waals surface area contributed by atoms with Crippen molar-refractivity contribution >= 4 is 18.6 Å². The summed E-state index contributed by atoms with van der Waals surface area (Å²) < 4.78 is 0. The SMILES string of the molecule is N[C@@H](CS)C(=O)O.[Cu+]. The van der Waals surface area contributed by atoms with E-state index in [2.05, 4.69) is 12.6 Å². The summed E-state index contributed by atoms with van der Waals surface area (Å²) in [5.41, 5.74) is 4.94. The van der Waals surface area contributed by atoms with Gasteiger partial charge in [-0.3, -0.25) is 4.79 Å². The van der Waals surface area contributed by atoms with E-state index in [1.54, 1.807) is 0 Å². The predicted molar refractivity (Wildman–Crippen MR) is 29.5 cm³/mol. The minimum Gasteiger partial charge on any atom is -0.480 e. The summed E-state index contributed by atoms with van der Waals surface area (Å²) in [6.07, 6.45) is 0. The summed E-state index contributed by atoms with van der Waals surface area (Å²) in [5.74, 6) is -0.815. The fourth-order valence-corrected chi connectivity index (χ4v) is 0.234. The molecule has 0 radical (unpaired) electrons. The Bertz CT molecular complexity index is 79.7. The molecule has 0 saturated carbocycles. The van der Waals surface area contributed by atoms with Gasteiger partial charge in [-0.25, -0.2) is 0 Å². The Hall–Kier alpha value is 0.299. The van der Waals surface area contributed by atoms with Crippen LogP contribution < -0.4 is 5.73 Å². The van der Waals surface area contributed by atoms with Gasteiger partial charge in [0.25, 0.3) is 0 Å². The van der Waals surface area contributed by atoms with E-state index in [-0.39, 0.29) is 22.8 Å². The van der Waals surface area contributed by atoms with Crippen molar-refractivity contribution in [2.75, 3.05) is 5.75 Å². The summed E-state index contributed by atoms with van der Waals surface area (Å²) in [5, 5.41) is 8.01. The molecule has 3 nitrogen and oxygen atoms in total. The molecule has 3 N–H and O–H groups in total. The van der Waals surface area contributed by atoms with Crippen LogP contribution in [0, 0.1) is 0 Å². The Morgan fingerprint density at radius 3 is 2.25 bits per heavy atom. The van der Waals surface area contributed by atoms with Crippen molar-refractivity contribution in [3.8, 4) is 0 Å². The molecule has 0 aromatic rings. The summed E-state index contributed by atoms with van der Waals surface area (Å²) in [6, 6.07) is -0.816. The third kappa shape index (κ3) is 4.46. The van der Waals surface area contributed by atoms with Crippen molar-refractivity contribution in [1.82, 2.24) is 0 Å². The van der Waals surface area contributed by atoms with E-state index in [9.17, 15) is 4.79 Å². The second kappa shape index (κ2) is 5.44. The van der Waals surface area contributed by atoms with Gasteiger partial charge in [-0.15, -0.1) is 0 Å². The van der Waals surface area contributed by atoms with Crippen LogP contribution in [0.25, 0.3) is 0 Å². The minimum atomic E-state index is -1.00. The van der Waals surface area contributed by atoms with Gasteiger partial charge in [0.05, 0.1) is 0 Å². The van der Waals surface area contributed by atoms with E-state index in [1.807, 2.05) is 0 Å². The molecule has 0 bridgehead atoms. The molecule has 0 aromatic carbocycles. The third-order valence-corrected chi connectivity index (χ3v) is 0.907. The Kier molecular flexibility index (Phi) is 7.57. The Balaban J connectivity index is 0. The zero-order valence-corrected chi connectivity index (χ0v) is 5.80. The number of aliphatic carboxylic acids is 1. The van der Waals surface area contributed by atoms with Gasteiger partial charge in [0.2, 0.25) is 0 Å². The number of carboxylic acids is 1. The largest absolute Gasteiger partial charge is 1.00 e. The fraction of sp³-hybridized carbons (Fsp3) is 0.667. The van der Waals surface area contributed by atoms with Gasteiger partial charge >= 0.3 is 23.0 Å².